The number of rotatable bonds is 3. The minimum Gasteiger partial charge on any atom is -0.371 e. The average molecular weight is 344 g/mol. The number of hydrogen-bond acceptors (Lipinski definition) is 4. The first kappa shape index (κ1) is 17.3. The highest BCUT2D eigenvalue weighted by Crippen LogP contribution is 2.35. The summed E-state index contributed by atoms with van der Waals surface area (Å²) >= 11 is 0. The largest absolute Gasteiger partial charge is 0.371 e. The van der Waals surface area contributed by atoms with Crippen molar-refractivity contribution in [1.82, 2.24) is 15.1 Å². The smallest absolute Gasteiger partial charge is 0.328 e. The van der Waals surface area contributed by atoms with Gasteiger partial charge in [0.1, 0.15) is 5.67 Å². The molecule has 0 spiro atoms. The van der Waals surface area contributed by atoms with Crippen LogP contribution >= 0.6 is 0 Å². The molecule has 2 atom stereocenters. The normalized spacial score (nSPS) is 21.1. The van der Waals surface area contributed by atoms with E-state index in [1.54, 1.807) is 14.0 Å². The average Bonchev–Trinajstić information content (AvgIpc) is 2.78. The van der Waals surface area contributed by atoms with E-state index in [1.165, 1.54) is 24.8 Å². The third kappa shape index (κ3) is 2.95. The number of alkyl halides is 1. The Labute approximate surface area is 145 Å². The van der Waals surface area contributed by atoms with E-state index >= 15 is 0 Å². The number of halogens is 1. The molecule has 2 unspecified atom stereocenters. The van der Waals surface area contributed by atoms with Gasteiger partial charge >= 0.3 is 6.03 Å². The van der Waals surface area contributed by atoms with Crippen LogP contribution in [0.3, 0.4) is 0 Å². The summed E-state index contributed by atoms with van der Waals surface area (Å²) in [6, 6.07) is 9.88. The van der Waals surface area contributed by atoms with E-state index in [0.29, 0.717) is 11.3 Å². The molecule has 1 N–H and O–H groups in total. The van der Waals surface area contributed by atoms with E-state index in [0.717, 1.165) is 10.5 Å². The lowest BCUT2D eigenvalue weighted by Crippen LogP contribution is -2.36. The number of urea groups is 1. The van der Waals surface area contributed by atoms with Crippen LogP contribution in [0.15, 0.2) is 36.4 Å². The van der Waals surface area contributed by atoms with E-state index in [4.69, 9.17) is 0 Å². The number of hydrogen-bond donors (Lipinski definition) is 1. The topological polar surface area (TPSA) is 69.6 Å². The number of carbonyl (C=O) groups is 1. The van der Waals surface area contributed by atoms with Crippen LogP contribution in [0.4, 0.5) is 15.0 Å². The van der Waals surface area contributed by atoms with Crippen molar-refractivity contribution in [3.8, 4) is 11.3 Å². The summed E-state index contributed by atoms with van der Waals surface area (Å²) < 4.78 is 14.8. The van der Waals surface area contributed by atoms with E-state index in [1.807, 2.05) is 30.3 Å². The van der Waals surface area contributed by atoms with Gasteiger partial charge in [-0.25, -0.2) is 14.1 Å². The minimum absolute atomic E-state index is 0.133. The second-order valence-electron chi connectivity index (χ2n) is 6.72. The Hall–Kier alpha value is -2.54. The molecule has 1 aliphatic rings. The SMILES string of the molecule is CC1C(O)N(c2cc(C(C)(C)F)c(-c3ccccc3)nn2)C(=O)N1C. The minimum atomic E-state index is -1.69. The highest BCUT2D eigenvalue weighted by atomic mass is 19.1. The second-order valence-corrected chi connectivity index (χ2v) is 6.72. The lowest BCUT2D eigenvalue weighted by Gasteiger charge is -2.23. The first-order chi connectivity index (χ1) is 11.7. The lowest BCUT2D eigenvalue weighted by atomic mass is 9.95. The summed E-state index contributed by atoms with van der Waals surface area (Å²) in [7, 11) is 1.60. The monoisotopic (exact) mass is 344 g/mol. The predicted molar refractivity (Wildman–Crippen MR) is 92.7 cm³/mol. The summed E-state index contributed by atoms with van der Waals surface area (Å²) in [6.45, 7) is 4.59. The number of likely N-dealkylation sites (N-methyl/N-ethyl adjacent to an activating group) is 1. The molecule has 6 nitrogen and oxygen atoms in total. The summed E-state index contributed by atoms with van der Waals surface area (Å²) in [4.78, 5) is 14.9. The number of amides is 2. The number of carbonyl (C=O) groups excluding carboxylic acids is 1. The Bertz CT molecular complexity index is 791. The van der Waals surface area contributed by atoms with Crippen LogP contribution in [-0.4, -0.2) is 45.6 Å². The molecular weight excluding hydrogens is 323 g/mol. The number of aliphatic hydroxyl groups is 1. The molecule has 2 amide bonds. The van der Waals surface area contributed by atoms with Gasteiger partial charge in [0.2, 0.25) is 0 Å². The van der Waals surface area contributed by atoms with Crippen LogP contribution in [0.25, 0.3) is 11.3 Å². The van der Waals surface area contributed by atoms with Crippen LogP contribution in [0.2, 0.25) is 0 Å². The third-order valence-electron chi connectivity index (χ3n) is 4.53. The van der Waals surface area contributed by atoms with Crippen LogP contribution in [0, 0.1) is 0 Å². The van der Waals surface area contributed by atoms with Gasteiger partial charge in [0, 0.05) is 18.2 Å². The van der Waals surface area contributed by atoms with Gasteiger partial charge in [-0.3, -0.25) is 0 Å². The molecule has 1 fully saturated rings. The Kier molecular flexibility index (Phi) is 4.20. The Morgan fingerprint density at radius 2 is 1.84 bits per heavy atom. The molecule has 0 saturated carbocycles. The van der Waals surface area contributed by atoms with Gasteiger partial charge in [0.25, 0.3) is 0 Å². The van der Waals surface area contributed by atoms with Crippen molar-refractivity contribution in [2.75, 3.05) is 11.9 Å². The van der Waals surface area contributed by atoms with Crippen molar-refractivity contribution in [3.63, 3.8) is 0 Å². The predicted octanol–water partition coefficient (Wildman–Crippen LogP) is 2.93. The molecule has 2 aromatic rings. The first-order valence-corrected chi connectivity index (χ1v) is 8.08. The molecule has 0 bridgehead atoms. The molecule has 0 aliphatic carbocycles. The molecule has 1 saturated heterocycles. The van der Waals surface area contributed by atoms with Crippen molar-refractivity contribution < 1.29 is 14.3 Å². The number of aromatic nitrogens is 2. The fraction of sp³-hybridized carbons (Fsp3) is 0.389. The maximum atomic E-state index is 14.8. The molecule has 132 valence electrons. The maximum Gasteiger partial charge on any atom is 0.328 e. The van der Waals surface area contributed by atoms with Gasteiger partial charge < -0.3 is 10.0 Å². The summed E-state index contributed by atoms with van der Waals surface area (Å²) in [5, 5.41) is 18.6. The number of aliphatic hydroxyl groups excluding tert-OH is 1. The van der Waals surface area contributed by atoms with Crippen LogP contribution in [0.5, 0.6) is 0 Å². The van der Waals surface area contributed by atoms with Crippen molar-refractivity contribution in [1.29, 1.82) is 0 Å². The van der Waals surface area contributed by atoms with Crippen molar-refractivity contribution >= 4 is 11.8 Å². The molecule has 3 rings (SSSR count). The molecule has 1 aromatic heterocycles. The van der Waals surface area contributed by atoms with Gasteiger partial charge in [-0.15, -0.1) is 10.2 Å². The van der Waals surface area contributed by atoms with Crippen LogP contribution in [0.1, 0.15) is 26.3 Å². The van der Waals surface area contributed by atoms with Gasteiger partial charge in [-0.2, -0.15) is 0 Å². The molecule has 0 radical (unpaired) electrons. The number of benzene rings is 1. The Balaban J connectivity index is 2.12. The summed E-state index contributed by atoms with van der Waals surface area (Å²) in [5.74, 6) is 0.133. The van der Waals surface area contributed by atoms with Gasteiger partial charge in [0.05, 0.1) is 11.7 Å². The van der Waals surface area contributed by atoms with Crippen molar-refractivity contribution in [2.45, 2.75) is 38.7 Å². The van der Waals surface area contributed by atoms with E-state index in [9.17, 15) is 14.3 Å². The number of nitrogens with zero attached hydrogens (tertiary/aromatic N) is 4. The second kappa shape index (κ2) is 6.07. The van der Waals surface area contributed by atoms with E-state index in [-0.39, 0.29) is 5.82 Å². The van der Waals surface area contributed by atoms with E-state index in [2.05, 4.69) is 10.2 Å². The van der Waals surface area contributed by atoms with Gasteiger partial charge in [-0.05, 0) is 26.8 Å². The molecule has 2 heterocycles. The molecule has 1 aliphatic heterocycles. The summed E-state index contributed by atoms with van der Waals surface area (Å²) in [6.07, 6.45) is -1.06. The summed E-state index contributed by atoms with van der Waals surface area (Å²) in [5.41, 5.74) is -0.229. The molecule has 7 heteroatoms. The molecular formula is C18H21FN4O2. The first-order valence-electron chi connectivity index (χ1n) is 8.08. The highest BCUT2D eigenvalue weighted by Gasteiger charge is 2.42. The number of anilines is 1. The lowest BCUT2D eigenvalue weighted by molar-refractivity contribution is 0.138. The van der Waals surface area contributed by atoms with Crippen molar-refractivity contribution in [2.24, 2.45) is 0 Å². The molecule has 25 heavy (non-hydrogen) atoms. The van der Waals surface area contributed by atoms with Crippen LogP contribution in [-0.2, 0) is 5.67 Å². The maximum absolute atomic E-state index is 14.8. The standard InChI is InChI=1S/C18H21FN4O2/c1-11-16(24)23(17(25)22(11)4)14-10-13(18(2,3)19)15(21-20-14)12-8-6-5-7-9-12/h5-11,16,24H,1-4H3. The fourth-order valence-corrected chi connectivity index (χ4v) is 2.87. The third-order valence-corrected chi connectivity index (χ3v) is 4.53. The Morgan fingerprint density at radius 3 is 2.36 bits per heavy atom. The van der Waals surface area contributed by atoms with Crippen LogP contribution < -0.4 is 4.90 Å². The molecule has 1 aromatic carbocycles. The highest BCUT2D eigenvalue weighted by molar-refractivity contribution is 5.94. The van der Waals surface area contributed by atoms with Gasteiger partial charge in [0.15, 0.2) is 12.0 Å². The van der Waals surface area contributed by atoms with E-state index < -0.39 is 24.0 Å². The fourth-order valence-electron chi connectivity index (χ4n) is 2.87. The van der Waals surface area contributed by atoms with Gasteiger partial charge in [-0.1, -0.05) is 30.3 Å². The zero-order valence-electron chi connectivity index (χ0n) is 14.6. The van der Waals surface area contributed by atoms with Crippen molar-refractivity contribution in [3.05, 3.63) is 42.0 Å². The zero-order chi connectivity index (χ0) is 18.4. The Morgan fingerprint density at radius 1 is 1.20 bits per heavy atom. The zero-order valence-corrected chi connectivity index (χ0v) is 14.6. The quantitative estimate of drug-likeness (QED) is 0.929.